The highest BCUT2D eigenvalue weighted by Gasteiger charge is 2.18. The minimum Gasteiger partial charge on any atom is -0.379 e. The van der Waals surface area contributed by atoms with E-state index >= 15 is 0 Å². The Kier molecular flexibility index (Phi) is 18.5. The summed E-state index contributed by atoms with van der Waals surface area (Å²) in [6, 6.07) is 3.50. The fraction of sp³-hybridized carbons (Fsp3) is 0.760. The third-order valence-electron chi connectivity index (χ3n) is 5.59. The van der Waals surface area contributed by atoms with Gasteiger partial charge in [0.05, 0.1) is 48.9 Å². The van der Waals surface area contributed by atoms with Crippen LogP contribution in [-0.4, -0.2) is 56.0 Å². The van der Waals surface area contributed by atoms with Crippen LogP contribution >= 0.6 is 0 Å². The van der Waals surface area contributed by atoms with E-state index in [4.69, 9.17) is 14.2 Å². The zero-order chi connectivity index (χ0) is 25.6. The van der Waals surface area contributed by atoms with Crippen molar-refractivity contribution in [2.24, 2.45) is 0 Å². The van der Waals surface area contributed by atoms with Gasteiger partial charge in [-0.05, 0) is 12.5 Å². The molecule has 200 valence electrons. The smallest absolute Gasteiger partial charge is 0.299 e. The number of rotatable bonds is 24. The number of unbranched alkanes of at least 4 members (excludes halogenated alkanes) is 10. The molecule has 1 aromatic carbocycles. The summed E-state index contributed by atoms with van der Waals surface area (Å²) in [5.74, 6) is 0. The van der Waals surface area contributed by atoms with Crippen molar-refractivity contribution in [2.75, 3.05) is 51.5 Å². The number of nitrogens with one attached hydrogen (secondary N) is 1. The van der Waals surface area contributed by atoms with Gasteiger partial charge >= 0.3 is 0 Å². The molecular formula is C25H43N3O7. The number of ether oxygens (including phenoxy) is 3. The van der Waals surface area contributed by atoms with Crippen molar-refractivity contribution in [1.29, 1.82) is 0 Å². The topological polar surface area (TPSA) is 126 Å². The van der Waals surface area contributed by atoms with Gasteiger partial charge in [0.15, 0.2) is 0 Å². The van der Waals surface area contributed by atoms with E-state index in [1.54, 1.807) is 0 Å². The molecule has 0 atom stereocenters. The molecule has 0 aliphatic rings. The van der Waals surface area contributed by atoms with Gasteiger partial charge in [-0.3, -0.25) is 20.2 Å². The van der Waals surface area contributed by atoms with Crippen molar-refractivity contribution in [3.8, 4) is 0 Å². The summed E-state index contributed by atoms with van der Waals surface area (Å²) in [7, 11) is 0. The Balaban J connectivity index is 1.88. The van der Waals surface area contributed by atoms with Crippen molar-refractivity contribution in [3.05, 3.63) is 38.4 Å². The lowest BCUT2D eigenvalue weighted by molar-refractivity contribution is -0.393. The van der Waals surface area contributed by atoms with E-state index in [0.29, 0.717) is 39.6 Å². The zero-order valence-electron chi connectivity index (χ0n) is 21.2. The van der Waals surface area contributed by atoms with E-state index in [1.165, 1.54) is 76.3 Å². The monoisotopic (exact) mass is 497 g/mol. The van der Waals surface area contributed by atoms with Gasteiger partial charge in [-0.1, -0.05) is 71.1 Å². The number of benzene rings is 1. The summed E-state index contributed by atoms with van der Waals surface area (Å²) >= 11 is 0. The van der Waals surface area contributed by atoms with Crippen molar-refractivity contribution < 1.29 is 24.1 Å². The number of nitrogens with zero attached hydrogens (tertiary/aromatic N) is 2. The van der Waals surface area contributed by atoms with E-state index in [-0.39, 0.29) is 17.1 Å². The summed E-state index contributed by atoms with van der Waals surface area (Å²) in [6.07, 6.45) is 14.5. The first-order valence-corrected chi connectivity index (χ1v) is 13.0. The van der Waals surface area contributed by atoms with Crippen LogP contribution in [0.1, 0.15) is 77.6 Å². The van der Waals surface area contributed by atoms with Crippen LogP contribution in [0.2, 0.25) is 0 Å². The molecule has 0 fully saturated rings. The van der Waals surface area contributed by atoms with E-state index < -0.39 is 9.85 Å². The molecule has 1 aromatic rings. The molecule has 1 rings (SSSR count). The third-order valence-corrected chi connectivity index (χ3v) is 5.59. The average Bonchev–Trinajstić information content (AvgIpc) is 2.84. The summed E-state index contributed by atoms with van der Waals surface area (Å²) < 4.78 is 16.5. The molecule has 0 aliphatic carbocycles. The first-order valence-electron chi connectivity index (χ1n) is 13.0. The Bertz CT molecular complexity index is 704. The molecule has 0 aliphatic heterocycles. The fourth-order valence-electron chi connectivity index (χ4n) is 3.60. The molecule has 1 N–H and O–H groups in total. The highest BCUT2D eigenvalue weighted by atomic mass is 16.6. The number of anilines is 1. The Hall–Kier alpha value is -2.30. The molecule has 0 amide bonds. The molecule has 0 unspecified atom stereocenters. The van der Waals surface area contributed by atoms with Crippen molar-refractivity contribution in [3.63, 3.8) is 0 Å². The molecule has 0 spiro atoms. The lowest BCUT2D eigenvalue weighted by atomic mass is 10.1. The fourth-order valence-corrected chi connectivity index (χ4v) is 3.60. The van der Waals surface area contributed by atoms with Crippen LogP contribution in [0.4, 0.5) is 17.1 Å². The van der Waals surface area contributed by atoms with Gasteiger partial charge in [-0.2, -0.15) is 0 Å². The maximum atomic E-state index is 11.1. The number of hydrogen-bond acceptors (Lipinski definition) is 8. The maximum absolute atomic E-state index is 11.1. The van der Waals surface area contributed by atoms with Crippen LogP contribution in [0.5, 0.6) is 0 Å². The van der Waals surface area contributed by atoms with Crippen LogP contribution in [0.15, 0.2) is 18.2 Å². The third kappa shape index (κ3) is 16.1. The van der Waals surface area contributed by atoms with Crippen LogP contribution in [0.3, 0.4) is 0 Å². The Morgan fingerprint density at radius 1 is 0.686 bits per heavy atom. The number of nitro groups is 2. The first-order chi connectivity index (χ1) is 17.1. The highest BCUT2D eigenvalue weighted by Crippen LogP contribution is 2.28. The number of non-ortho nitro benzene ring substituents is 1. The van der Waals surface area contributed by atoms with Gasteiger partial charge in [0, 0.05) is 19.2 Å². The normalized spacial score (nSPS) is 11.0. The van der Waals surface area contributed by atoms with Gasteiger partial charge < -0.3 is 19.5 Å². The zero-order valence-corrected chi connectivity index (χ0v) is 21.2. The lowest BCUT2D eigenvalue weighted by Crippen LogP contribution is -2.14. The Labute approximate surface area is 209 Å². The van der Waals surface area contributed by atoms with Gasteiger partial charge in [0.25, 0.3) is 11.4 Å². The van der Waals surface area contributed by atoms with E-state index in [2.05, 4.69) is 12.2 Å². The van der Waals surface area contributed by atoms with Crippen LogP contribution < -0.4 is 5.32 Å². The van der Waals surface area contributed by atoms with Crippen molar-refractivity contribution >= 4 is 17.1 Å². The number of hydrogen-bond donors (Lipinski definition) is 1. The first kappa shape index (κ1) is 30.7. The van der Waals surface area contributed by atoms with E-state index in [9.17, 15) is 20.2 Å². The minimum absolute atomic E-state index is 0.218. The predicted molar refractivity (Wildman–Crippen MR) is 137 cm³/mol. The van der Waals surface area contributed by atoms with Gasteiger partial charge in [-0.15, -0.1) is 0 Å². The number of nitro benzene ring substituents is 2. The molecule has 0 heterocycles. The molecule has 35 heavy (non-hydrogen) atoms. The lowest BCUT2D eigenvalue weighted by Gasteiger charge is -2.09. The van der Waals surface area contributed by atoms with Gasteiger partial charge in [-0.25, -0.2) is 0 Å². The van der Waals surface area contributed by atoms with Crippen LogP contribution in [0, 0.1) is 20.2 Å². The SMILES string of the molecule is CCCCCCCCCCCCCOCCOCCOCCNc1ccc([N+](=O)[O-])cc1[N+](=O)[O-]. The molecule has 0 radical (unpaired) electrons. The summed E-state index contributed by atoms with van der Waals surface area (Å²) in [5.41, 5.74) is -0.440. The van der Waals surface area contributed by atoms with Crippen molar-refractivity contribution in [2.45, 2.75) is 77.6 Å². The Morgan fingerprint density at radius 2 is 1.20 bits per heavy atom. The van der Waals surface area contributed by atoms with Crippen LogP contribution in [0.25, 0.3) is 0 Å². The summed E-state index contributed by atoms with van der Waals surface area (Å²) in [4.78, 5) is 20.6. The second-order valence-corrected chi connectivity index (χ2v) is 8.52. The van der Waals surface area contributed by atoms with Gasteiger partial charge in [0.1, 0.15) is 5.69 Å². The average molecular weight is 498 g/mol. The Morgan fingerprint density at radius 3 is 1.74 bits per heavy atom. The molecule has 10 heteroatoms. The molecular weight excluding hydrogens is 454 g/mol. The minimum atomic E-state index is -0.663. The highest BCUT2D eigenvalue weighted by molar-refractivity contribution is 5.65. The van der Waals surface area contributed by atoms with Gasteiger partial charge in [0.2, 0.25) is 0 Å². The second kappa shape index (κ2) is 21.0. The molecule has 0 saturated carbocycles. The maximum Gasteiger partial charge on any atom is 0.299 e. The predicted octanol–water partition coefficient (Wildman–Crippen LogP) is 6.28. The second-order valence-electron chi connectivity index (χ2n) is 8.52. The molecule has 0 bridgehead atoms. The van der Waals surface area contributed by atoms with E-state index in [1.807, 2.05) is 0 Å². The van der Waals surface area contributed by atoms with E-state index in [0.717, 1.165) is 19.1 Å². The molecule has 0 aromatic heterocycles. The standard InChI is InChI=1S/C25H43N3O7/c1-2-3-4-5-6-7-8-9-10-11-12-16-33-18-20-35-21-19-34-17-15-26-24-14-13-23(27(29)30)22-25(24)28(31)32/h13-14,22,26H,2-12,15-21H2,1H3. The van der Waals surface area contributed by atoms with Crippen molar-refractivity contribution in [1.82, 2.24) is 0 Å². The molecule has 10 nitrogen and oxygen atoms in total. The van der Waals surface area contributed by atoms with Crippen LogP contribution in [-0.2, 0) is 14.2 Å². The summed E-state index contributed by atoms with van der Waals surface area (Å²) in [5, 5.41) is 24.7. The molecule has 0 saturated heterocycles. The quantitative estimate of drug-likeness (QED) is 0.100. The largest absolute Gasteiger partial charge is 0.379 e. The summed E-state index contributed by atoms with van der Waals surface area (Å²) in [6.45, 7) is 5.63.